The monoisotopic (exact) mass is 668 g/mol. The predicted octanol–water partition coefficient (Wildman–Crippen LogP) is 7.99. The van der Waals surface area contributed by atoms with E-state index in [2.05, 4.69) is 0 Å². The second kappa shape index (κ2) is 18.5. The smallest absolute Gasteiger partial charge is 0.126 e. The molecule has 8 heteroatoms. The van der Waals surface area contributed by atoms with E-state index in [1.165, 1.54) is 23.7 Å². The van der Waals surface area contributed by atoms with E-state index >= 15 is 0 Å². The molecule has 4 saturated heterocycles. The van der Waals surface area contributed by atoms with Gasteiger partial charge >= 0.3 is 0 Å². The summed E-state index contributed by atoms with van der Waals surface area (Å²) in [5, 5.41) is 0. The molecule has 10 rings (SSSR count). The molecule has 4 bridgehead atoms. The maximum atomic E-state index is 5.69. The minimum absolute atomic E-state index is 0.277. The second-order valence-corrected chi connectivity index (χ2v) is 13.8. The molecule has 0 amide bonds. The van der Waals surface area contributed by atoms with Crippen molar-refractivity contribution in [3.05, 3.63) is 47.5 Å². The molecule has 48 heavy (non-hydrogen) atoms. The number of benzene rings is 2. The lowest BCUT2D eigenvalue weighted by atomic mass is 9.56. The summed E-state index contributed by atoms with van der Waals surface area (Å²) in [6.07, 6.45) is 10.7. The molecule has 4 saturated carbocycles. The standard InChI is InChI=1S/2C13H16O4.C10H16.2C2H6/c2*1-9-2-3-10(14-5-11-6-15-11)4-13(9)17-8-12-7-16-12;1-7-2-9-4-8(1)5-10(3-7)6-9;2*1-2/h2*2-4,11-12H,5-8H2,1H3;7-10H,1-6H2;2*1-2H3. The lowest BCUT2D eigenvalue weighted by Gasteiger charge is -2.49. The molecule has 4 aliphatic heterocycles. The molecule has 4 atom stereocenters. The van der Waals surface area contributed by atoms with Gasteiger partial charge in [-0.1, -0.05) is 39.8 Å². The Morgan fingerprint density at radius 2 is 0.729 bits per heavy atom. The van der Waals surface area contributed by atoms with Crippen molar-refractivity contribution in [2.24, 2.45) is 23.7 Å². The first-order valence-corrected chi connectivity index (χ1v) is 18.7. The Morgan fingerprint density at radius 3 is 1.00 bits per heavy atom. The normalized spacial score (nSPS) is 30.3. The summed E-state index contributed by atoms with van der Waals surface area (Å²) in [6.45, 7) is 17.8. The van der Waals surface area contributed by atoms with Crippen molar-refractivity contribution in [3.63, 3.8) is 0 Å². The molecule has 8 nitrogen and oxygen atoms in total. The van der Waals surface area contributed by atoms with E-state index in [1.807, 2.05) is 77.9 Å². The molecule has 0 aromatic heterocycles. The van der Waals surface area contributed by atoms with Crippen LogP contribution < -0.4 is 18.9 Å². The van der Waals surface area contributed by atoms with Gasteiger partial charge in [-0.15, -0.1) is 0 Å². The molecule has 0 radical (unpaired) electrons. The van der Waals surface area contributed by atoms with Gasteiger partial charge in [0.15, 0.2) is 0 Å². The third kappa shape index (κ3) is 12.4. The molecule has 8 fully saturated rings. The van der Waals surface area contributed by atoms with Gasteiger partial charge in [0, 0.05) is 12.1 Å². The van der Waals surface area contributed by atoms with Crippen LogP contribution in [0.4, 0.5) is 0 Å². The van der Waals surface area contributed by atoms with Gasteiger partial charge in [-0.3, -0.25) is 0 Å². The molecular formula is C40H60O8. The minimum atomic E-state index is 0.277. The molecule has 4 aliphatic carbocycles. The second-order valence-electron chi connectivity index (χ2n) is 13.8. The number of hydrogen-bond acceptors (Lipinski definition) is 8. The van der Waals surface area contributed by atoms with Crippen molar-refractivity contribution in [1.82, 2.24) is 0 Å². The third-order valence-electron chi connectivity index (χ3n) is 9.65. The largest absolute Gasteiger partial charge is 0.491 e. The van der Waals surface area contributed by atoms with Gasteiger partial charge in [0.2, 0.25) is 0 Å². The van der Waals surface area contributed by atoms with Gasteiger partial charge in [-0.25, -0.2) is 0 Å². The minimum Gasteiger partial charge on any atom is -0.491 e. The Balaban J connectivity index is 0.000000137. The van der Waals surface area contributed by atoms with E-state index in [9.17, 15) is 0 Å². The SMILES string of the molecule is C1C2CC3CC1CC(C2)C3.CC.CC.Cc1ccc(OCC2CO2)cc1OCC1CO1.Cc1ccc(OCC2CO2)cc1OCC1CO1. The number of epoxide rings is 4. The van der Waals surface area contributed by atoms with Crippen LogP contribution >= 0.6 is 0 Å². The lowest BCUT2D eigenvalue weighted by molar-refractivity contribution is 0.0198. The summed E-state index contributed by atoms with van der Waals surface area (Å²) in [4.78, 5) is 0. The van der Waals surface area contributed by atoms with Gasteiger partial charge in [0.25, 0.3) is 0 Å². The summed E-state index contributed by atoms with van der Waals surface area (Å²) < 4.78 is 43.0. The summed E-state index contributed by atoms with van der Waals surface area (Å²) in [7, 11) is 0. The molecule has 2 aromatic carbocycles. The van der Waals surface area contributed by atoms with Crippen molar-refractivity contribution in [3.8, 4) is 23.0 Å². The first-order chi connectivity index (χ1) is 23.5. The first-order valence-electron chi connectivity index (χ1n) is 18.7. The van der Waals surface area contributed by atoms with E-state index in [0.29, 0.717) is 26.4 Å². The quantitative estimate of drug-likeness (QED) is 0.211. The Labute approximate surface area is 289 Å². The highest BCUT2D eigenvalue weighted by Gasteiger charge is 2.41. The molecule has 268 valence electrons. The van der Waals surface area contributed by atoms with Gasteiger partial charge < -0.3 is 37.9 Å². The molecular weight excluding hydrogens is 608 g/mol. The fraction of sp³-hybridized carbons (Fsp3) is 0.700. The number of ether oxygens (including phenoxy) is 8. The van der Waals surface area contributed by atoms with Crippen molar-refractivity contribution in [2.75, 3.05) is 52.9 Å². The van der Waals surface area contributed by atoms with Crippen molar-refractivity contribution in [1.29, 1.82) is 0 Å². The van der Waals surface area contributed by atoms with Crippen LogP contribution in [0.5, 0.6) is 23.0 Å². The molecule has 0 spiro atoms. The zero-order valence-electron chi connectivity index (χ0n) is 30.2. The van der Waals surface area contributed by atoms with Crippen LogP contribution in [0, 0.1) is 37.5 Å². The van der Waals surface area contributed by atoms with Crippen LogP contribution in [0.15, 0.2) is 36.4 Å². The highest BCUT2D eigenvalue weighted by molar-refractivity contribution is 5.40. The summed E-state index contributed by atoms with van der Waals surface area (Å²) in [5.41, 5.74) is 2.22. The van der Waals surface area contributed by atoms with Crippen molar-refractivity contribution >= 4 is 0 Å². The van der Waals surface area contributed by atoms with E-state index in [4.69, 9.17) is 37.9 Å². The van der Waals surface area contributed by atoms with Gasteiger partial charge in [0.05, 0.1) is 26.4 Å². The molecule has 4 unspecified atom stereocenters. The van der Waals surface area contributed by atoms with Gasteiger partial charge in [-0.2, -0.15) is 0 Å². The van der Waals surface area contributed by atoms with E-state index < -0.39 is 0 Å². The lowest BCUT2D eigenvalue weighted by Crippen LogP contribution is -2.38. The van der Waals surface area contributed by atoms with Crippen molar-refractivity contribution in [2.45, 2.75) is 104 Å². The first kappa shape index (κ1) is 36.8. The van der Waals surface area contributed by atoms with E-state index in [1.54, 1.807) is 38.5 Å². The molecule has 2 aromatic rings. The maximum Gasteiger partial charge on any atom is 0.126 e. The average Bonchev–Trinajstić information content (AvgIpc) is 3.91. The Hall–Kier alpha value is -2.52. The summed E-state index contributed by atoms with van der Waals surface area (Å²) in [6, 6.07) is 11.8. The molecule has 0 N–H and O–H groups in total. The van der Waals surface area contributed by atoms with Gasteiger partial charge in [0.1, 0.15) is 73.8 Å². The van der Waals surface area contributed by atoms with Crippen LogP contribution in [-0.2, 0) is 18.9 Å². The predicted molar refractivity (Wildman–Crippen MR) is 188 cm³/mol. The summed E-state index contributed by atoms with van der Waals surface area (Å²) in [5.74, 6) is 8.11. The average molecular weight is 669 g/mol. The highest BCUT2D eigenvalue weighted by Crippen LogP contribution is 2.53. The Bertz CT molecular complexity index is 1100. The van der Waals surface area contributed by atoms with E-state index in [0.717, 1.165) is 60.6 Å². The highest BCUT2D eigenvalue weighted by atomic mass is 16.6. The number of rotatable bonds is 12. The van der Waals surface area contributed by atoms with E-state index in [-0.39, 0.29) is 24.4 Å². The third-order valence-corrected chi connectivity index (χ3v) is 9.65. The van der Waals surface area contributed by atoms with Crippen molar-refractivity contribution < 1.29 is 37.9 Å². The van der Waals surface area contributed by atoms with Crippen LogP contribution in [0.25, 0.3) is 0 Å². The van der Waals surface area contributed by atoms with Gasteiger partial charge in [-0.05, 0) is 99.3 Å². The van der Waals surface area contributed by atoms with Crippen LogP contribution in [-0.4, -0.2) is 77.3 Å². The summed E-state index contributed by atoms with van der Waals surface area (Å²) >= 11 is 0. The molecule has 8 aliphatic rings. The van der Waals surface area contributed by atoms with Crippen LogP contribution in [0.3, 0.4) is 0 Å². The zero-order valence-corrected chi connectivity index (χ0v) is 30.2. The Morgan fingerprint density at radius 1 is 0.458 bits per heavy atom. The fourth-order valence-electron chi connectivity index (χ4n) is 7.04. The van der Waals surface area contributed by atoms with Crippen LogP contribution in [0.1, 0.15) is 77.3 Å². The maximum absolute atomic E-state index is 5.69. The number of hydrogen-bond donors (Lipinski definition) is 0. The zero-order chi connectivity index (χ0) is 33.9. The Kier molecular flexibility index (Phi) is 14.1. The number of aryl methyl sites for hydroxylation is 2. The molecule has 4 heterocycles. The topological polar surface area (TPSA) is 87.0 Å². The van der Waals surface area contributed by atoms with Crippen LogP contribution in [0.2, 0.25) is 0 Å². The fourth-order valence-corrected chi connectivity index (χ4v) is 7.04.